The van der Waals surface area contributed by atoms with E-state index in [9.17, 15) is 5.11 Å². The number of ether oxygens (including phenoxy) is 1. The third-order valence-electron chi connectivity index (χ3n) is 5.86. The van der Waals surface area contributed by atoms with Crippen molar-refractivity contribution in [2.24, 2.45) is 0 Å². The second-order valence-corrected chi connectivity index (χ2v) is 7.96. The van der Waals surface area contributed by atoms with Crippen molar-refractivity contribution in [2.75, 3.05) is 68.8 Å². The van der Waals surface area contributed by atoms with Crippen molar-refractivity contribution >= 4 is 11.8 Å². The largest absolute Gasteiger partial charge is 0.388 e. The predicted molar refractivity (Wildman–Crippen MR) is 102 cm³/mol. The zero-order chi connectivity index (χ0) is 18.0. The Morgan fingerprint density at radius 2 is 1.69 bits per heavy atom. The Bertz CT molecular complexity index is 606. The average Bonchev–Trinajstić information content (AvgIpc) is 3.17. The average molecular weight is 361 g/mol. The molecule has 0 saturated carbocycles. The summed E-state index contributed by atoms with van der Waals surface area (Å²) in [5, 5.41) is 10.7. The van der Waals surface area contributed by atoms with Gasteiger partial charge in [-0.3, -0.25) is 4.90 Å². The van der Waals surface area contributed by atoms with Gasteiger partial charge in [0.15, 0.2) is 0 Å². The fraction of sp³-hybridized carbons (Fsp3) is 0.789. The normalized spacial score (nSPS) is 24.2. The Labute approximate surface area is 156 Å². The molecule has 26 heavy (non-hydrogen) atoms. The SMILES string of the molecule is Cc1cc(N2CCN(CC3(O)CCOCC3)CC2)nc(N2CCCC2)n1. The highest BCUT2D eigenvalue weighted by atomic mass is 16.5. The first-order valence-corrected chi connectivity index (χ1v) is 9.99. The summed E-state index contributed by atoms with van der Waals surface area (Å²) in [6, 6.07) is 2.10. The van der Waals surface area contributed by atoms with E-state index in [1.165, 1.54) is 12.8 Å². The smallest absolute Gasteiger partial charge is 0.227 e. The van der Waals surface area contributed by atoms with Crippen LogP contribution in [0.25, 0.3) is 0 Å². The van der Waals surface area contributed by atoms with E-state index in [0.29, 0.717) is 13.2 Å². The van der Waals surface area contributed by atoms with Crippen LogP contribution in [0.2, 0.25) is 0 Å². The quantitative estimate of drug-likeness (QED) is 0.860. The van der Waals surface area contributed by atoms with Gasteiger partial charge in [0.2, 0.25) is 5.95 Å². The third-order valence-corrected chi connectivity index (χ3v) is 5.86. The number of aliphatic hydroxyl groups is 1. The van der Waals surface area contributed by atoms with Gasteiger partial charge in [0.25, 0.3) is 0 Å². The maximum atomic E-state index is 10.7. The van der Waals surface area contributed by atoms with Crippen LogP contribution >= 0.6 is 0 Å². The molecule has 4 heterocycles. The van der Waals surface area contributed by atoms with E-state index in [4.69, 9.17) is 9.72 Å². The lowest BCUT2D eigenvalue weighted by Crippen LogP contribution is -2.53. The zero-order valence-electron chi connectivity index (χ0n) is 15.9. The molecule has 3 aliphatic heterocycles. The lowest BCUT2D eigenvalue weighted by atomic mass is 9.93. The molecule has 3 aliphatic rings. The molecule has 3 saturated heterocycles. The topological polar surface area (TPSA) is 65.0 Å². The number of piperazine rings is 1. The van der Waals surface area contributed by atoms with Gasteiger partial charge in [-0.25, -0.2) is 4.98 Å². The van der Waals surface area contributed by atoms with Crippen LogP contribution in [0.3, 0.4) is 0 Å². The van der Waals surface area contributed by atoms with E-state index in [1.807, 2.05) is 0 Å². The number of rotatable bonds is 4. The Hall–Kier alpha value is -1.44. The van der Waals surface area contributed by atoms with Crippen LogP contribution < -0.4 is 9.80 Å². The lowest BCUT2D eigenvalue weighted by molar-refractivity contribution is -0.0802. The number of β-amino-alcohol motifs (C(OH)–C–C–N with tert-alkyl or cyclic N) is 1. The minimum absolute atomic E-state index is 0.575. The summed E-state index contributed by atoms with van der Waals surface area (Å²) in [5.41, 5.74) is 0.463. The van der Waals surface area contributed by atoms with Crippen molar-refractivity contribution in [3.05, 3.63) is 11.8 Å². The molecule has 144 valence electrons. The Kier molecular flexibility index (Phi) is 5.29. The van der Waals surface area contributed by atoms with Crippen LogP contribution in [0.4, 0.5) is 11.8 Å². The number of anilines is 2. The summed E-state index contributed by atoms with van der Waals surface area (Å²) in [6.07, 6.45) is 3.97. The van der Waals surface area contributed by atoms with Crippen LogP contribution in [0.5, 0.6) is 0 Å². The number of hydrogen-bond donors (Lipinski definition) is 1. The summed E-state index contributed by atoms with van der Waals surface area (Å²) in [5.74, 6) is 1.93. The number of aromatic nitrogens is 2. The van der Waals surface area contributed by atoms with Crippen LogP contribution in [0.1, 0.15) is 31.4 Å². The van der Waals surface area contributed by atoms with E-state index in [2.05, 4.69) is 32.7 Å². The minimum atomic E-state index is -0.575. The molecule has 0 amide bonds. The summed E-state index contributed by atoms with van der Waals surface area (Å²) in [4.78, 5) is 16.5. The lowest BCUT2D eigenvalue weighted by Gasteiger charge is -2.41. The molecule has 4 rings (SSSR count). The van der Waals surface area contributed by atoms with Gasteiger partial charge >= 0.3 is 0 Å². The number of aryl methyl sites for hydroxylation is 1. The van der Waals surface area contributed by atoms with Crippen molar-refractivity contribution in [3.63, 3.8) is 0 Å². The molecule has 7 nitrogen and oxygen atoms in total. The van der Waals surface area contributed by atoms with Gasteiger partial charge in [-0.15, -0.1) is 0 Å². The first kappa shape index (κ1) is 17.9. The molecular formula is C19H31N5O2. The molecule has 0 aromatic carbocycles. The molecule has 0 radical (unpaired) electrons. The van der Waals surface area contributed by atoms with Gasteiger partial charge in [0.05, 0.1) is 5.60 Å². The number of nitrogens with zero attached hydrogens (tertiary/aromatic N) is 5. The van der Waals surface area contributed by atoms with Crippen LogP contribution in [-0.4, -0.2) is 84.6 Å². The highest BCUT2D eigenvalue weighted by Gasteiger charge is 2.33. The molecule has 0 bridgehead atoms. The fourth-order valence-electron chi connectivity index (χ4n) is 4.22. The van der Waals surface area contributed by atoms with E-state index < -0.39 is 5.60 Å². The number of hydrogen-bond acceptors (Lipinski definition) is 7. The summed E-state index contributed by atoms with van der Waals surface area (Å²) < 4.78 is 5.39. The van der Waals surface area contributed by atoms with Gasteiger partial charge in [-0.05, 0) is 19.8 Å². The summed E-state index contributed by atoms with van der Waals surface area (Å²) >= 11 is 0. The molecule has 1 aromatic heterocycles. The van der Waals surface area contributed by atoms with Crippen molar-refractivity contribution in [1.82, 2.24) is 14.9 Å². The van der Waals surface area contributed by atoms with E-state index in [0.717, 1.165) is 76.1 Å². The van der Waals surface area contributed by atoms with Crippen molar-refractivity contribution in [2.45, 2.75) is 38.2 Å². The third kappa shape index (κ3) is 4.10. The standard InChI is InChI=1S/C19H31N5O2/c1-16-14-17(21-18(20-16)24-6-2-3-7-24)23-10-8-22(9-11-23)15-19(25)4-12-26-13-5-19/h14,25H,2-13,15H2,1H3. The molecule has 1 N–H and O–H groups in total. The van der Waals surface area contributed by atoms with Crippen LogP contribution in [-0.2, 0) is 4.74 Å². The van der Waals surface area contributed by atoms with Crippen molar-refractivity contribution in [1.29, 1.82) is 0 Å². The van der Waals surface area contributed by atoms with Crippen LogP contribution in [0, 0.1) is 6.92 Å². The highest BCUT2D eigenvalue weighted by molar-refractivity contribution is 5.46. The zero-order valence-corrected chi connectivity index (χ0v) is 15.9. The molecule has 3 fully saturated rings. The molecule has 1 aromatic rings. The van der Waals surface area contributed by atoms with E-state index in [-0.39, 0.29) is 0 Å². The second kappa shape index (κ2) is 7.66. The monoisotopic (exact) mass is 361 g/mol. The highest BCUT2D eigenvalue weighted by Crippen LogP contribution is 2.24. The van der Waals surface area contributed by atoms with Gasteiger partial charge in [0.1, 0.15) is 5.82 Å². The van der Waals surface area contributed by atoms with Gasteiger partial charge in [-0.1, -0.05) is 0 Å². The molecule has 0 atom stereocenters. The maximum Gasteiger partial charge on any atom is 0.227 e. The predicted octanol–water partition coefficient (Wildman–Crippen LogP) is 1.05. The summed E-state index contributed by atoms with van der Waals surface area (Å²) in [6.45, 7) is 10.1. The first-order chi connectivity index (χ1) is 12.6. The second-order valence-electron chi connectivity index (χ2n) is 7.96. The Morgan fingerprint density at radius 1 is 1.00 bits per heavy atom. The Balaban J connectivity index is 1.37. The first-order valence-electron chi connectivity index (χ1n) is 9.99. The van der Waals surface area contributed by atoms with E-state index in [1.54, 1.807) is 0 Å². The van der Waals surface area contributed by atoms with Gasteiger partial charge in [0, 0.05) is 83.6 Å². The van der Waals surface area contributed by atoms with Gasteiger partial charge in [-0.2, -0.15) is 4.98 Å². The summed E-state index contributed by atoms with van der Waals surface area (Å²) in [7, 11) is 0. The molecule has 0 unspecified atom stereocenters. The molecule has 7 heteroatoms. The maximum absolute atomic E-state index is 10.7. The van der Waals surface area contributed by atoms with Crippen LogP contribution in [0.15, 0.2) is 6.07 Å². The molecule has 0 aliphatic carbocycles. The molecule has 0 spiro atoms. The van der Waals surface area contributed by atoms with Crippen molar-refractivity contribution < 1.29 is 9.84 Å². The van der Waals surface area contributed by atoms with E-state index >= 15 is 0 Å². The fourth-order valence-corrected chi connectivity index (χ4v) is 4.22. The molecular weight excluding hydrogens is 330 g/mol. The van der Waals surface area contributed by atoms with Crippen molar-refractivity contribution in [3.8, 4) is 0 Å². The Morgan fingerprint density at radius 3 is 2.38 bits per heavy atom. The van der Waals surface area contributed by atoms with Gasteiger partial charge < -0.3 is 19.6 Å². The minimum Gasteiger partial charge on any atom is -0.388 e.